The van der Waals surface area contributed by atoms with Crippen LogP contribution in [0, 0.1) is 19.7 Å². The van der Waals surface area contributed by atoms with Gasteiger partial charge in [0.15, 0.2) is 5.89 Å². The summed E-state index contributed by atoms with van der Waals surface area (Å²) in [4.78, 5) is 25.6. The zero-order chi connectivity index (χ0) is 22.2. The summed E-state index contributed by atoms with van der Waals surface area (Å²) < 4.78 is 21.9. The number of hydrogen-bond acceptors (Lipinski definition) is 6. The average Bonchev–Trinajstić information content (AvgIpc) is 3.37. The van der Waals surface area contributed by atoms with Crippen LogP contribution in [0.25, 0.3) is 17.0 Å². The summed E-state index contributed by atoms with van der Waals surface area (Å²) in [7, 11) is 0. The number of nitrogens with one attached hydrogen (secondary N) is 2. The number of carbonyl (C=O) groups excluding carboxylic acids is 1. The highest BCUT2D eigenvalue weighted by Crippen LogP contribution is 2.28. The second-order valence-corrected chi connectivity index (χ2v) is 8.04. The van der Waals surface area contributed by atoms with E-state index in [1.54, 1.807) is 26.1 Å². The van der Waals surface area contributed by atoms with Crippen LogP contribution in [0.1, 0.15) is 46.5 Å². The maximum absolute atomic E-state index is 14.7. The van der Waals surface area contributed by atoms with Crippen molar-refractivity contribution in [3.8, 4) is 11.3 Å². The van der Waals surface area contributed by atoms with Gasteiger partial charge in [-0.2, -0.15) is 0 Å². The number of imidazole rings is 1. The van der Waals surface area contributed by atoms with Crippen LogP contribution in [0.5, 0.6) is 0 Å². The number of benzene rings is 1. The normalized spacial score (nSPS) is 14.7. The monoisotopic (exact) mass is 434 g/mol. The lowest BCUT2D eigenvalue weighted by Gasteiger charge is -2.22. The molecule has 0 atom stereocenters. The Hall–Kier alpha value is -3.59. The van der Waals surface area contributed by atoms with Gasteiger partial charge in [0.2, 0.25) is 11.5 Å². The first-order chi connectivity index (χ1) is 15.5. The molecule has 9 heteroatoms. The van der Waals surface area contributed by atoms with Crippen molar-refractivity contribution < 1.29 is 13.6 Å². The van der Waals surface area contributed by atoms with E-state index >= 15 is 0 Å². The Morgan fingerprint density at radius 3 is 2.78 bits per heavy atom. The number of halogens is 1. The molecule has 4 aromatic rings. The highest BCUT2D eigenvalue weighted by atomic mass is 19.1. The number of fused-ring (bicyclic) bond motifs is 1. The first kappa shape index (κ1) is 20.3. The van der Waals surface area contributed by atoms with E-state index in [9.17, 15) is 9.18 Å². The topological polar surface area (TPSA) is 97.4 Å². The van der Waals surface area contributed by atoms with Crippen LogP contribution in [0.4, 0.5) is 10.1 Å². The number of anilines is 1. The Morgan fingerprint density at radius 2 is 2.03 bits per heavy atom. The van der Waals surface area contributed by atoms with Gasteiger partial charge in [0.25, 0.3) is 5.91 Å². The fourth-order valence-electron chi connectivity index (χ4n) is 4.13. The van der Waals surface area contributed by atoms with E-state index in [1.807, 2.05) is 16.8 Å². The molecule has 1 saturated heterocycles. The smallest absolute Gasteiger partial charge is 0.293 e. The summed E-state index contributed by atoms with van der Waals surface area (Å²) in [5, 5.41) is 6.11. The second kappa shape index (κ2) is 8.16. The Labute approximate surface area is 183 Å². The Morgan fingerprint density at radius 1 is 1.22 bits per heavy atom. The van der Waals surface area contributed by atoms with Crippen molar-refractivity contribution in [2.45, 2.75) is 32.6 Å². The third kappa shape index (κ3) is 3.87. The number of nitrogens with zero attached hydrogens (tertiary/aromatic N) is 4. The maximum atomic E-state index is 14.7. The van der Waals surface area contributed by atoms with E-state index in [-0.39, 0.29) is 11.3 Å². The van der Waals surface area contributed by atoms with Gasteiger partial charge in [0, 0.05) is 36.8 Å². The number of aryl methyl sites for hydroxylation is 2. The molecular formula is C23H23FN6O2. The molecule has 4 heterocycles. The summed E-state index contributed by atoms with van der Waals surface area (Å²) in [6.45, 7) is 5.36. The second-order valence-electron chi connectivity index (χ2n) is 8.04. The number of hydrogen-bond donors (Lipinski definition) is 2. The number of rotatable bonds is 4. The van der Waals surface area contributed by atoms with E-state index in [2.05, 4.69) is 25.6 Å². The third-order valence-electron chi connectivity index (χ3n) is 5.75. The molecule has 0 spiro atoms. The van der Waals surface area contributed by atoms with Gasteiger partial charge in [-0.15, -0.1) is 0 Å². The quantitative estimate of drug-likeness (QED) is 0.506. The van der Waals surface area contributed by atoms with Crippen molar-refractivity contribution in [3.63, 3.8) is 0 Å². The van der Waals surface area contributed by atoms with Crippen molar-refractivity contribution >= 4 is 17.4 Å². The van der Waals surface area contributed by atoms with E-state index < -0.39 is 11.7 Å². The first-order valence-electron chi connectivity index (χ1n) is 10.6. The average molecular weight is 434 g/mol. The largest absolute Gasteiger partial charge is 0.436 e. The Bertz CT molecular complexity index is 1310. The summed E-state index contributed by atoms with van der Waals surface area (Å²) in [6, 6.07) is 4.36. The lowest BCUT2D eigenvalue weighted by Crippen LogP contribution is -2.26. The van der Waals surface area contributed by atoms with Crippen LogP contribution in [-0.2, 0) is 0 Å². The molecular weight excluding hydrogens is 411 g/mol. The fourth-order valence-corrected chi connectivity index (χ4v) is 4.13. The predicted octanol–water partition coefficient (Wildman–Crippen LogP) is 3.86. The van der Waals surface area contributed by atoms with Gasteiger partial charge in [0.05, 0.1) is 11.4 Å². The molecule has 32 heavy (non-hydrogen) atoms. The van der Waals surface area contributed by atoms with Gasteiger partial charge in [-0.25, -0.2) is 19.3 Å². The van der Waals surface area contributed by atoms with Gasteiger partial charge in [-0.1, -0.05) is 0 Å². The van der Waals surface area contributed by atoms with Gasteiger partial charge in [-0.05, 0) is 62.5 Å². The van der Waals surface area contributed by atoms with Crippen LogP contribution < -0.4 is 10.6 Å². The van der Waals surface area contributed by atoms with Gasteiger partial charge in [0.1, 0.15) is 5.82 Å². The summed E-state index contributed by atoms with van der Waals surface area (Å²) in [5.41, 5.74) is 2.81. The minimum absolute atomic E-state index is 0.135. The summed E-state index contributed by atoms with van der Waals surface area (Å²) >= 11 is 0. The zero-order valence-electron chi connectivity index (χ0n) is 17.9. The fraction of sp³-hybridized carbons (Fsp3) is 0.304. The van der Waals surface area contributed by atoms with Gasteiger partial charge < -0.3 is 15.1 Å². The molecule has 0 aliphatic carbocycles. The maximum Gasteiger partial charge on any atom is 0.293 e. The molecule has 8 nitrogen and oxygen atoms in total. The minimum atomic E-state index is -0.441. The number of carbonyl (C=O) groups is 1. The predicted molar refractivity (Wildman–Crippen MR) is 117 cm³/mol. The van der Waals surface area contributed by atoms with E-state index in [1.165, 1.54) is 12.1 Å². The Kier molecular flexibility index (Phi) is 5.18. The van der Waals surface area contributed by atoms with Crippen LogP contribution in [-0.4, -0.2) is 38.3 Å². The molecule has 1 amide bonds. The molecule has 0 unspecified atom stereocenters. The molecule has 164 valence electrons. The molecule has 0 bridgehead atoms. The molecule has 2 N–H and O–H groups in total. The van der Waals surface area contributed by atoms with Gasteiger partial charge in [-0.3, -0.25) is 9.20 Å². The van der Waals surface area contributed by atoms with E-state index in [0.717, 1.165) is 31.5 Å². The molecule has 0 saturated carbocycles. The van der Waals surface area contributed by atoms with Crippen LogP contribution in [0.15, 0.2) is 41.2 Å². The molecule has 1 aliphatic rings. The van der Waals surface area contributed by atoms with Crippen molar-refractivity contribution in [2.75, 3.05) is 18.4 Å². The highest BCUT2D eigenvalue weighted by Gasteiger charge is 2.19. The highest BCUT2D eigenvalue weighted by molar-refractivity contribution is 6.03. The molecule has 0 radical (unpaired) electrons. The molecule has 3 aromatic heterocycles. The standard InChI is InChI=1S/C23H23FN6O2/c1-13-21(32-14(2)27-13)22(31)28-17-3-4-19(24)18(9-17)20-12-30-11-16(10-26-23(30)29-20)15-5-7-25-8-6-15/h3-4,9-12,15,25H,5-8H2,1-2H3,(H,28,31). The molecule has 1 aromatic carbocycles. The summed E-state index contributed by atoms with van der Waals surface area (Å²) in [5.74, 6) is 0.626. The van der Waals surface area contributed by atoms with Crippen molar-refractivity contribution in [1.29, 1.82) is 0 Å². The van der Waals surface area contributed by atoms with Crippen LogP contribution in [0.2, 0.25) is 0 Å². The third-order valence-corrected chi connectivity index (χ3v) is 5.75. The number of aromatic nitrogens is 4. The number of piperidine rings is 1. The van der Waals surface area contributed by atoms with Gasteiger partial charge >= 0.3 is 0 Å². The minimum Gasteiger partial charge on any atom is -0.436 e. The van der Waals surface area contributed by atoms with Crippen molar-refractivity contribution in [1.82, 2.24) is 24.7 Å². The molecule has 1 fully saturated rings. The SMILES string of the molecule is Cc1nc(C)c(C(=O)Nc2ccc(F)c(-c3cn4cc(C5CCNCC5)cnc4n3)c2)o1. The Balaban J connectivity index is 1.43. The number of oxazole rings is 1. The molecule has 5 rings (SSSR count). The van der Waals surface area contributed by atoms with Crippen LogP contribution in [0.3, 0.4) is 0 Å². The van der Waals surface area contributed by atoms with E-state index in [4.69, 9.17) is 4.42 Å². The van der Waals surface area contributed by atoms with Crippen molar-refractivity contribution in [3.05, 3.63) is 65.5 Å². The molecule has 1 aliphatic heterocycles. The lowest BCUT2D eigenvalue weighted by molar-refractivity contribution is 0.0994. The lowest BCUT2D eigenvalue weighted by atomic mass is 9.92. The van der Waals surface area contributed by atoms with E-state index in [0.29, 0.717) is 34.7 Å². The number of amides is 1. The van der Waals surface area contributed by atoms with Crippen molar-refractivity contribution in [2.24, 2.45) is 0 Å². The summed E-state index contributed by atoms with van der Waals surface area (Å²) in [6.07, 6.45) is 7.77. The first-order valence-corrected chi connectivity index (χ1v) is 10.6. The zero-order valence-corrected chi connectivity index (χ0v) is 17.9. The van der Waals surface area contributed by atoms with Crippen LogP contribution >= 0.6 is 0 Å².